The Bertz CT molecular complexity index is 1290. The van der Waals surface area contributed by atoms with E-state index in [1.165, 1.54) is 4.90 Å². The van der Waals surface area contributed by atoms with Crippen molar-refractivity contribution in [2.45, 2.75) is 69.8 Å². The number of carbonyl (C=O) groups is 1. The quantitative estimate of drug-likeness (QED) is 0.464. The van der Waals surface area contributed by atoms with Gasteiger partial charge in [-0.1, -0.05) is 18.9 Å². The van der Waals surface area contributed by atoms with E-state index < -0.39 is 29.6 Å². The third-order valence-electron chi connectivity index (χ3n) is 7.18. The largest absolute Gasteiger partial charge is 0.389 e. The van der Waals surface area contributed by atoms with Gasteiger partial charge in [-0.05, 0) is 43.0 Å². The zero-order chi connectivity index (χ0) is 25.0. The molecule has 3 aromatic rings. The summed E-state index contributed by atoms with van der Waals surface area (Å²) < 4.78 is 69.3. The number of imidazole rings is 1. The van der Waals surface area contributed by atoms with E-state index >= 15 is 0 Å². The molecule has 1 saturated carbocycles. The maximum absolute atomic E-state index is 15.0. The van der Waals surface area contributed by atoms with Crippen molar-refractivity contribution in [3.8, 4) is 0 Å². The molecular weight excluding hydrogens is 467 g/mol. The number of carbonyl (C=O) groups excluding carboxylic acids is 1. The highest BCUT2D eigenvalue weighted by atomic mass is 19.4. The first-order chi connectivity index (χ1) is 16.6. The van der Waals surface area contributed by atoms with E-state index in [4.69, 9.17) is 5.73 Å². The van der Waals surface area contributed by atoms with Crippen molar-refractivity contribution in [3.63, 3.8) is 0 Å². The van der Waals surface area contributed by atoms with Gasteiger partial charge in [-0.15, -0.1) is 0 Å². The van der Waals surface area contributed by atoms with E-state index in [9.17, 15) is 26.7 Å². The van der Waals surface area contributed by atoms with Crippen LogP contribution in [0.25, 0.3) is 11.0 Å². The van der Waals surface area contributed by atoms with Crippen molar-refractivity contribution in [1.29, 1.82) is 0 Å². The molecule has 1 aliphatic heterocycles. The summed E-state index contributed by atoms with van der Waals surface area (Å²) in [5.74, 6) is -1.49. The highest BCUT2D eigenvalue weighted by Gasteiger charge is 2.54. The number of hydrogen-bond donors (Lipinski definition) is 1. The Labute approximate surface area is 198 Å². The van der Waals surface area contributed by atoms with Crippen molar-refractivity contribution in [2.75, 3.05) is 4.90 Å². The van der Waals surface area contributed by atoms with Crippen LogP contribution in [0.15, 0.2) is 30.3 Å². The lowest BCUT2D eigenvalue weighted by Crippen LogP contribution is -2.38. The molecule has 1 aliphatic carbocycles. The number of aryl methyl sites for hydroxylation is 1. The van der Waals surface area contributed by atoms with E-state index in [1.54, 1.807) is 22.8 Å². The summed E-state index contributed by atoms with van der Waals surface area (Å²) in [5.41, 5.74) is 7.05. The molecular formula is C25H25F5N4O. The van der Waals surface area contributed by atoms with Crippen LogP contribution >= 0.6 is 0 Å². The predicted octanol–water partition coefficient (Wildman–Crippen LogP) is 5.47. The Kier molecular flexibility index (Phi) is 5.82. The van der Waals surface area contributed by atoms with E-state index in [0.717, 1.165) is 30.5 Å². The third kappa shape index (κ3) is 4.07. The number of anilines is 1. The number of hydrogen-bond acceptors (Lipinski definition) is 3. The van der Waals surface area contributed by atoms with Crippen molar-refractivity contribution in [1.82, 2.24) is 9.55 Å². The van der Waals surface area contributed by atoms with Gasteiger partial charge < -0.3 is 15.2 Å². The number of amides is 1. The Morgan fingerprint density at radius 3 is 2.51 bits per heavy atom. The van der Waals surface area contributed by atoms with Crippen LogP contribution in [0.1, 0.15) is 55.5 Å². The molecule has 5 nitrogen and oxygen atoms in total. The Balaban J connectivity index is 1.57. The zero-order valence-corrected chi connectivity index (χ0v) is 19.0. The van der Waals surface area contributed by atoms with Gasteiger partial charge in [-0.2, -0.15) is 13.2 Å². The van der Waals surface area contributed by atoms with Crippen LogP contribution in [0.2, 0.25) is 0 Å². The van der Waals surface area contributed by atoms with E-state index in [2.05, 4.69) is 4.98 Å². The fourth-order valence-electron chi connectivity index (χ4n) is 5.62. The van der Waals surface area contributed by atoms with E-state index in [1.807, 2.05) is 0 Å². The predicted molar refractivity (Wildman–Crippen MR) is 121 cm³/mol. The first-order valence-electron chi connectivity index (χ1n) is 11.7. The molecule has 0 bridgehead atoms. The zero-order valence-electron chi connectivity index (χ0n) is 19.0. The molecule has 2 heterocycles. The van der Waals surface area contributed by atoms with Gasteiger partial charge in [-0.3, -0.25) is 4.79 Å². The lowest BCUT2D eigenvalue weighted by molar-refractivity contribution is -0.135. The van der Waals surface area contributed by atoms with Crippen LogP contribution in [0.3, 0.4) is 0 Å². The fourth-order valence-corrected chi connectivity index (χ4v) is 5.62. The van der Waals surface area contributed by atoms with Gasteiger partial charge in [0.2, 0.25) is 5.91 Å². The average Bonchev–Trinajstić information content (AvgIpc) is 3.46. The van der Waals surface area contributed by atoms with Crippen LogP contribution in [0, 0.1) is 11.6 Å². The fraction of sp³-hybridized carbons (Fsp3) is 0.440. The summed E-state index contributed by atoms with van der Waals surface area (Å²) in [7, 11) is 0. The number of alkyl halides is 3. The summed E-state index contributed by atoms with van der Waals surface area (Å²) in [5, 5.41) is 0. The molecule has 186 valence electrons. The second-order valence-corrected chi connectivity index (χ2v) is 9.39. The molecule has 0 radical (unpaired) electrons. The summed E-state index contributed by atoms with van der Waals surface area (Å²) in [6, 6.07) is 7.25. The topological polar surface area (TPSA) is 64.2 Å². The minimum absolute atomic E-state index is 0.0326. The number of benzene rings is 2. The lowest BCUT2D eigenvalue weighted by Gasteiger charge is -2.23. The Hall–Kier alpha value is -3.01. The molecule has 2 aliphatic rings. The second kappa shape index (κ2) is 8.58. The van der Waals surface area contributed by atoms with Crippen molar-refractivity contribution < 1.29 is 26.7 Å². The Morgan fingerprint density at radius 2 is 1.83 bits per heavy atom. The van der Waals surface area contributed by atoms with Crippen LogP contribution in [-0.2, 0) is 29.8 Å². The summed E-state index contributed by atoms with van der Waals surface area (Å²) in [6.45, 7) is 0.200. The van der Waals surface area contributed by atoms with Gasteiger partial charge >= 0.3 is 6.18 Å². The SMILES string of the molecule is NCc1ccc2c(c1)nc(CN1C(=O)C3(CCCC3)c3c(F)cc(F)cc31)n2CCCC(F)(F)F. The maximum Gasteiger partial charge on any atom is 0.389 e. The van der Waals surface area contributed by atoms with Gasteiger partial charge in [0, 0.05) is 31.1 Å². The van der Waals surface area contributed by atoms with Crippen LogP contribution in [0.5, 0.6) is 0 Å². The molecule has 1 spiro atoms. The van der Waals surface area contributed by atoms with Gasteiger partial charge in [0.15, 0.2) is 0 Å². The van der Waals surface area contributed by atoms with E-state index in [-0.39, 0.29) is 43.2 Å². The third-order valence-corrected chi connectivity index (χ3v) is 7.18. The van der Waals surface area contributed by atoms with Crippen molar-refractivity contribution in [3.05, 3.63) is 58.9 Å². The minimum Gasteiger partial charge on any atom is -0.326 e. The molecule has 1 aromatic heterocycles. The second-order valence-electron chi connectivity index (χ2n) is 9.39. The first kappa shape index (κ1) is 23.7. The van der Waals surface area contributed by atoms with Crippen molar-refractivity contribution >= 4 is 22.6 Å². The van der Waals surface area contributed by atoms with E-state index in [0.29, 0.717) is 29.7 Å². The summed E-state index contributed by atoms with van der Waals surface area (Å²) in [4.78, 5) is 19.6. The first-order valence-corrected chi connectivity index (χ1v) is 11.7. The standard InChI is InChI=1S/C25H25F5N4O/c26-16-11-17(27)22-20(12-16)34(23(35)24(22)6-1-2-7-24)14-21-32-18-10-15(13-31)4-5-19(18)33(21)9-3-8-25(28,29)30/h4-5,10-12H,1-3,6-9,13-14,31H2. The maximum atomic E-state index is 15.0. The number of halogens is 5. The average molecular weight is 492 g/mol. The molecule has 0 atom stereocenters. The smallest absolute Gasteiger partial charge is 0.326 e. The normalized spacial score (nSPS) is 17.2. The molecule has 5 rings (SSSR count). The van der Waals surface area contributed by atoms with Gasteiger partial charge in [0.05, 0.1) is 28.7 Å². The molecule has 0 saturated heterocycles. The van der Waals surface area contributed by atoms with Crippen LogP contribution < -0.4 is 10.6 Å². The minimum atomic E-state index is -4.29. The molecule has 1 fully saturated rings. The highest BCUT2D eigenvalue weighted by molar-refractivity contribution is 6.08. The molecule has 0 unspecified atom stereocenters. The molecule has 10 heteroatoms. The molecule has 1 amide bonds. The number of aromatic nitrogens is 2. The van der Waals surface area contributed by atoms with Crippen molar-refractivity contribution in [2.24, 2.45) is 5.73 Å². The molecule has 35 heavy (non-hydrogen) atoms. The number of rotatable bonds is 6. The van der Waals surface area contributed by atoms with Crippen LogP contribution in [-0.4, -0.2) is 21.6 Å². The number of fused-ring (bicyclic) bond motifs is 3. The van der Waals surface area contributed by atoms with Crippen LogP contribution in [0.4, 0.5) is 27.6 Å². The van der Waals surface area contributed by atoms with Gasteiger partial charge in [0.25, 0.3) is 0 Å². The summed E-state index contributed by atoms with van der Waals surface area (Å²) >= 11 is 0. The molecule has 2 aromatic carbocycles. The number of nitrogens with zero attached hydrogens (tertiary/aromatic N) is 3. The van der Waals surface area contributed by atoms with Gasteiger partial charge in [0.1, 0.15) is 17.5 Å². The lowest BCUT2D eigenvalue weighted by atomic mass is 9.80. The monoisotopic (exact) mass is 492 g/mol. The number of nitrogens with two attached hydrogens (primary N) is 1. The van der Waals surface area contributed by atoms with Gasteiger partial charge in [-0.25, -0.2) is 13.8 Å². The Morgan fingerprint density at radius 1 is 1.09 bits per heavy atom. The molecule has 2 N–H and O–H groups in total. The summed E-state index contributed by atoms with van der Waals surface area (Å²) in [6.07, 6.45) is -2.96. The highest BCUT2D eigenvalue weighted by Crippen LogP contribution is 2.53.